The van der Waals surface area contributed by atoms with Crippen LogP contribution in [0.25, 0.3) is 11.0 Å². The molecule has 1 heterocycles. The number of aliphatic hydroxyl groups is 1. The zero-order valence-electron chi connectivity index (χ0n) is 8.19. The minimum atomic E-state index is -0.484. The molecule has 1 atom stereocenters. The third kappa shape index (κ3) is 2.72. The molecule has 0 aliphatic rings. The summed E-state index contributed by atoms with van der Waals surface area (Å²) in [5.74, 6) is 0.496. The van der Waals surface area contributed by atoms with E-state index in [2.05, 4.69) is 15.3 Å². The molecule has 0 aliphatic heterocycles. The summed E-state index contributed by atoms with van der Waals surface area (Å²) < 4.78 is -0.484. The number of nitrogens with zero attached hydrogens (tertiary/aromatic N) is 2. The van der Waals surface area contributed by atoms with Gasteiger partial charge in [-0.05, 0) is 34.7 Å². The minimum Gasteiger partial charge on any atom is -0.381 e. The Labute approximate surface area is 111 Å². The maximum atomic E-state index is 9.15. The summed E-state index contributed by atoms with van der Waals surface area (Å²) in [5, 5.41) is 12.4. The van der Waals surface area contributed by atoms with Gasteiger partial charge >= 0.3 is 0 Å². The van der Waals surface area contributed by atoms with E-state index >= 15 is 0 Å². The summed E-state index contributed by atoms with van der Waals surface area (Å²) in [5.41, 5.74) is 1.53. The molecule has 0 amide bonds. The lowest BCUT2D eigenvalue weighted by molar-refractivity contribution is 0.292. The lowest BCUT2D eigenvalue weighted by Crippen LogP contribution is -2.14. The van der Waals surface area contributed by atoms with Crippen LogP contribution in [0.3, 0.4) is 0 Å². The van der Waals surface area contributed by atoms with E-state index in [0.717, 1.165) is 11.0 Å². The number of anilines is 1. The highest BCUT2D eigenvalue weighted by atomic mass is 127. The average molecular weight is 350 g/mol. The molecule has 0 aliphatic carbocycles. The summed E-state index contributed by atoms with van der Waals surface area (Å²) in [6, 6.07) is 7.49. The highest BCUT2D eigenvalue weighted by Crippen LogP contribution is 2.20. The molecule has 0 bridgehead atoms. The van der Waals surface area contributed by atoms with E-state index in [4.69, 9.17) is 16.7 Å². The molecule has 6 heteroatoms. The largest absolute Gasteiger partial charge is 0.381 e. The maximum absolute atomic E-state index is 9.15. The molecule has 4 nitrogen and oxygen atoms in total. The van der Waals surface area contributed by atoms with Crippen LogP contribution in [0.1, 0.15) is 0 Å². The Kier molecular flexibility index (Phi) is 3.78. The third-order valence-corrected chi connectivity index (χ3v) is 2.67. The number of para-hydroxylation sites is 2. The lowest BCUT2D eigenvalue weighted by Gasteiger charge is -2.08. The van der Waals surface area contributed by atoms with Crippen molar-refractivity contribution in [2.45, 2.75) is 4.11 Å². The predicted molar refractivity (Wildman–Crippen MR) is 73.1 cm³/mol. The Hall–Kier alpha value is -0.660. The topological polar surface area (TPSA) is 58.0 Å². The Morgan fingerprint density at radius 2 is 1.94 bits per heavy atom. The van der Waals surface area contributed by atoms with Crippen LogP contribution in [0, 0.1) is 0 Å². The van der Waals surface area contributed by atoms with Gasteiger partial charge in [-0.1, -0.05) is 23.7 Å². The second kappa shape index (κ2) is 5.11. The van der Waals surface area contributed by atoms with Gasteiger partial charge in [-0.25, -0.2) is 9.97 Å². The van der Waals surface area contributed by atoms with Crippen molar-refractivity contribution in [3.8, 4) is 0 Å². The van der Waals surface area contributed by atoms with E-state index in [1.165, 1.54) is 0 Å². The van der Waals surface area contributed by atoms with Crippen LogP contribution >= 0.6 is 34.2 Å². The molecule has 0 spiro atoms. The van der Waals surface area contributed by atoms with E-state index < -0.39 is 4.11 Å². The van der Waals surface area contributed by atoms with E-state index in [1.807, 2.05) is 46.9 Å². The first-order valence-corrected chi connectivity index (χ1v) is 6.27. The molecular weight excluding hydrogens is 340 g/mol. The van der Waals surface area contributed by atoms with Crippen LogP contribution in [-0.4, -0.2) is 25.7 Å². The Bertz CT molecular complexity index is 506. The number of hydrogen-bond acceptors (Lipinski definition) is 4. The quantitative estimate of drug-likeness (QED) is 0.660. The molecule has 84 valence electrons. The van der Waals surface area contributed by atoms with Crippen molar-refractivity contribution in [2.24, 2.45) is 0 Å². The fourth-order valence-electron chi connectivity index (χ4n) is 1.27. The predicted octanol–water partition coefficient (Wildman–Crippen LogP) is 2.45. The number of aliphatic hydroxyl groups excluding tert-OH is 1. The van der Waals surface area contributed by atoms with Gasteiger partial charge in [0.25, 0.3) is 0 Å². The molecule has 16 heavy (non-hydrogen) atoms. The van der Waals surface area contributed by atoms with Crippen LogP contribution in [0.4, 0.5) is 5.82 Å². The number of aromatic nitrogens is 2. The summed E-state index contributed by atoms with van der Waals surface area (Å²) in [6.45, 7) is 0.382. The number of fused-ring (bicyclic) bond motifs is 1. The lowest BCUT2D eigenvalue weighted by atomic mass is 10.3. The van der Waals surface area contributed by atoms with Crippen molar-refractivity contribution in [2.75, 3.05) is 11.9 Å². The first kappa shape index (κ1) is 11.8. The molecule has 1 aromatic heterocycles. The third-order valence-electron chi connectivity index (χ3n) is 1.97. The number of nitrogens with one attached hydrogen (secondary N) is 1. The van der Waals surface area contributed by atoms with Crippen molar-refractivity contribution in [3.63, 3.8) is 0 Å². The fourth-order valence-corrected chi connectivity index (χ4v) is 1.69. The normalized spacial score (nSPS) is 12.7. The second-order valence-corrected chi connectivity index (χ2v) is 4.96. The van der Waals surface area contributed by atoms with Crippen molar-refractivity contribution in [3.05, 3.63) is 29.4 Å². The van der Waals surface area contributed by atoms with Gasteiger partial charge in [-0.2, -0.15) is 0 Å². The van der Waals surface area contributed by atoms with Crippen molar-refractivity contribution in [1.29, 1.82) is 0 Å². The molecule has 0 fully saturated rings. The van der Waals surface area contributed by atoms with E-state index in [9.17, 15) is 0 Å². The van der Waals surface area contributed by atoms with Crippen LogP contribution in [-0.2, 0) is 0 Å². The number of benzene rings is 1. The number of hydrogen-bond donors (Lipinski definition) is 2. The molecule has 0 saturated carbocycles. The minimum absolute atomic E-state index is 0.316. The monoisotopic (exact) mass is 349 g/mol. The first-order valence-electron chi connectivity index (χ1n) is 4.65. The standard InChI is InChI=1S/C10H9ClIN3O/c11-9-10(13-5-8(12)16)15-7-4-2-1-3-6(7)14-9/h1-4,8,16H,5H2,(H,13,15). The van der Waals surface area contributed by atoms with Crippen LogP contribution in [0.15, 0.2) is 24.3 Å². The molecule has 1 aromatic carbocycles. The Morgan fingerprint density at radius 1 is 1.31 bits per heavy atom. The van der Waals surface area contributed by atoms with Gasteiger partial charge in [-0.15, -0.1) is 0 Å². The molecule has 2 N–H and O–H groups in total. The Morgan fingerprint density at radius 3 is 2.56 bits per heavy atom. The smallest absolute Gasteiger partial charge is 0.172 e. The highest BCUT2D eigenvalue weighted by Gasteiger charge is 2.07. The first-order chi connectivity index (χ1) is 7.66. The molecule has 0 saturated heterocycles. The molecular formula is C10H9ClIN3O. The van der Waals surface area contributed by atoms with E-state index in [0.29, 0.717) is 17.5 Å². The van der Waals surface area contributed by atoms with Gasteiger partial charge < -0.3 is 10.4 Å². The van der Waals surface area contributed by atoms with Gasteiger partial charge in [0, 0.05) is 0 Å². The summed E-state index contributed by atoms with van der Waals surface area (Å²) in [7, 11) is 0. The van der Waals surface area contributed by atoms with Crippen LogP contribution in [0.2, 0.25) is 5.15 Å². The molecule has 2 aromatic rings. The van der Waals surface area contributed by atoms with Crippen molar-refractivity contribution in [1.82, 2.24) is 9.97 Å². The van der Waals surface area contributed by atoms with Gasteiger partial charge in [0.2, 0.25) is 0 Å². The van der Waals surface area contributed by atoms with Crippen LogP contribution < -0.4 is 5.32 Å². The average Bonchev–Trinajstić information content (AvgIpc) is 2.26. The van der Waals surface area contributed by atoms with Crippen molar-refractivity contribution < 1.29 is 5.11 Å². The number of halogens is 2. The van der Waals surface area contributed by atoms with Gasteiger partial charge in [0.1, 0.15) is 4.11 Å². The van der Waals surface area contributed by atoms with Gasteiger partial charge in [-0.3, -0.25) is 0 Å². The van der Waals surface area contributed by atoms with Gasteiger partial charge in [0.15, 0.2) is 11.0 Å². The SMILES string of the molecule is OC(I)CNc1nc2ccccc2nc1Cl. The van der Waals surface area contributed by atoms with E-state index in [1.54, 1.807) is 0 Å². The fraction of sp³-hybridized carbons (Fsp3) is 0.200. The molecule has 2 rings (SSSR count). The summed E-state index contributed by atoms with van der Waals surface area (Å²) in [6.07, 6.45) is 0. The number of alkyl halides is 1. The summed E-state index contributed by atoms with van der Waals surface area (Å²) >= 11 is 7.87. The molecule has 1 unspecified atom stereocenters. The second-order valence-electron chi connectivity index (χ2n) is 3.17. The summed E-state index contributed by atoms with van der Waals surface area (Å²) in [4.78, 5) is 8.54. The highest BCUT2D eigenvalue weighted by molar-refractivity contribution is 14.1. The zero-order valence-corrected chi connectivity index (χ0v) is 11.1. The zero-order chi connectivity index (χ0) is 11.5. The van der Waals surface area contributed by atoms with Crippen LogP contribution in [0.5, 0.6) is 0 Å². The van der Waals surface area contributed by atoms with Crippen molar-refractivity contribution >= 4 is 51.0 Å². The Balaban J connectivity index is 2.34. The van der Waals surface area contributed by atoms with Gasteiger partial charge in [0.05, 0.1) is 17.6 Å². The number of rotatable bonds is 3. The van der Waals surface area contributed by atoms with E-state index in [-0.39, 0.29) is 0 Å². The maximum Gasteiger partial charge on any atom is 0.172 e. The molecule has 0 radical (unpaired) electrons.